The van der Waals surface area contributed by atoms with Gasteiger partial charge < -0.3 is 83.3 Å². The minimum absolute atomic E-state index is 0.0431. The maximum Gasteiger partial charge on any atom is 0.311 e. The van der Waals surface area contributed by atoms with Crippen LogP contribution in [0.2, 0.25) is 0 Å². The molecule has 24 heteroatoms. The predicted molar refractivity (Wildman–Crippen MR) is 342 cm³/mol. The molecular weight excluding hydrogens is 1210 g/mol. The topological polar surface area (TPSA) is 326 Å². The molecule has 0 unspecified atom stereocenters. The van der Waals surface area contributed by atoms with Crippen molar-refractivity contribution in [1.29, 1.82) is 0 Å². The molecule has 4 heterocycles. The Balaban J connectivity index is 0.000000470. The van der Waals surface area contributed by atoms with Crippen molar-refractivity contribution < 1.29 is 107 Å². The van der Waals surface area contributed by atoms with Gasteiger partial charge in [-0.05, 0) is 117 Å². The van der Waals surface area contributed by atoms with E-state index in [2.05, 4.69) is 13.8 Å². The Kier molecular flexibility index (Phi) is 30.6. The largest absolute Gasteiger partial charge is 0.481 e. The van der Waals surface area contributed by atoms with E-state index < -0.39 is 156 Å². The molecule has 3 fully saturated rings. The average molecular weight is 1320 g/mol. The number of benzene rings is 1. The molecule has 1 aromatic carbocycles. The van der Waals surface area contributed by atoms with Crippen molar-refractivity contribution in [3.63, 3.8) is 0 Å². The van der Waals surface area contributed by atoms with Gasteiger partial charge in [-0.1, -0.05) is 79.7 Å². The number of likely N-dealkylation sites (N-methyl/N-ethyl adjacent to an activating group) is 1. The minimum atomic E-state index is -2.04. The van der Waals surface area contributed by atoms with Crippen molar-refractivity contribution in [3.05, 3.63) is 58.7 Å². The Morgan fingerprint density at radius 3 is 2.00 bits per heavy atom. The van der Waals surface area contributed by atoms with Crippen LogP contribution in [-0.4, -0.2) is 207 Å². The number of Topliss-reactive ketones (excluding diaryl/α,β-unsaturated/α-hetero) is 1. The number of rotatable bonds is 23. The number of hydrogen-bond donors (Lipinski definition) is 7. The third kappa shape index (κ3) is 21.3. The molecule has 0 spiro atoms. The molecule has 0 radical (unpaired) electrons. The first-order valence-corrected chi connectivity index (χ1v) is 32.6. The number of carbonyl (C=O) groups excluding carboxylic acids is 4. The molecule has 1 aromatic heterocycles. The lowest BCUT2D eigenvalue weighted by Gasteiger charge is -2.49. The van der Waals surface area contributed by atoms with E-state index >= 15 is 0 Å². The van der Waals surface area contributed by atoms with Crippen LogP contribution in [0.25, 0.3) is 17.2 Å². The Labute approximate surface area is 548 Å². The van der Waals surface area contributed by atoms with Crippen molar-refractivity contribution in [2.24, 2.45) is 23.7 Å². The van der Waals surface area contributed by atoms with Gasteiger partial charge in [0.05, 0.1) is 104 Å². The van der Waals surface area contributed by atoms with E-state index in [1.807, 2.05) is 39.8 Å². The van der Waals surface area contributed by atoms with E-state index in [0.717, 1.165) is 33.6 Å². The number of ketones is 1. The highest BCUT2D eigenvalue weighted by Gasteiger charge is 2.54. The van der Waals surface area contributed by atoms with Crippen LogP contribution in [0.15, 0.2) is 30.3 Å². The number of aliphatic hydroxyl groups excluding tert-OH is 4. The van der Waals surface area contributed by atoms with Crippen LogP contribution < -0.4 is 0 Å². The molecule has 3 saturated heterocycles. The van der Waals surface area contributed by atoms with Crippen LogP contribution in [0.3, 0.4) is 0 Å². The number of aromatic nitrogens is 1. The number of esters is 3. The smallest absolute Gasteiger partial charge is 0.311 e. The van der Waals surface area contributed by atoms with Gasteiger partial charge in [-0.3, -0.25) is 29.0 Å². The van der Waals surface area contributed by atoms with Crippen molar-refractivity contribution in [3.8, 4) is 11.1 Å². The first-order chi connectivity index (χ1) is 43.3. The fraction of sp³-hybridized carbons (Fsp3) is 0.739. The van der Waals surface area contributed by atoms with E-state index in [0.29, 0.717) is 13.0 Å². The second-order valence-corrected chi connectivity index (χ2v) is 27.1. The quantitative estimate of drug-likeness (QED) is 0.0417. The van der Waals surface area contributed by atoms with Gasteiger partial charge in [-0.15, -0.1) is 0 Å². The summed E-state index contributed by atoms with van der Waals surface area (Å²) in [7, 11) is 6.70. The summed E-state index contributed by atoms with van der Waals surface area (Å²) in [6, 6.07) is 5.79. The number of hydrogen-bond acceptors (Lipinski definition) is 22. The normalized spacial score (nSPS) is 33.2. The van der Waals surface area contributed by atoms with Gasteiger partial charge >= 0.3 is 23.9 Å². The molecule has 0 amide bonds. The highest BCUT2D eigenvalue weighted by Crippen LogP contribution is 2.43. The second kappa shape index (κ2) is 35.4. The number of carboxylic acid groups (broad SMARTS) is 1. The number of ether oxygens (including phenoxy) is 9. The Bertz CT molecular complexity index is 2780. The number of aliphatic hydroxyl groups is 6. The molecule has 7 N–H and O–H groups in total. The number of cyclic esters (lactones) is 1. The summed E-state index contributed by atoms with van der Waals surface area (Å²) < 4.78 is 68.0. The lowest BCUT2D eigenvalue weighted by Crippen LogP contribution is -2.61. The molecule has 0 aliphatic carbocycles. The van der Waals surface area contributed by atoms with E-state index in [9.17, 15) is 59.0 Å². The summed E-state index contributed by atoms with van der Waals surface area (Å²) in [6.07, 6.45) is -10.6. The van der Waals surface area contributed by atoms with Crippen LogP contribution in [0.4, 0.5) is 4.39 Å². The summed E-state index contributed by atoms with van der Waals surface area (Å²) in [5, 5.41) is 75.9. The van der Waals surface area contributed by atoms with Gasteiger partial charge in [-0.25, -0.2) is 4.39 Å². The zero-order valence-electron chi connectivity index (χ0n) is 58.1. The molecule has 3 aliphatic rings. The van der Waals surface area contributed by atoms with E-state index in [1.54, 1.807) is 73.8 Å². The van der Waals surface area contributed by atoms with Crippen LogP contribution in [0.5, 0.6) is 0 Å². The van der Waals surface area contributed by atoms with Gasteiger partial charge in [-0.2, -0.15) is 0 Å². The first kappa shape index (κ1) is 80.5. The number of carboxylic acids is 1. The molecule has 20 atom stereocenters. The average Bonchev–Trinajstić information content (AvgIpc) is 0.785. The maximum atomic E-state index is 14.3. The molecule has 2 aromatic rings. The monoisotopic (exact) mass is 1320 g/mol. The maximum absolute atomic E-state index is 14.3. The number of halogens is 1. The van der Waals surface area contributed by atoms with Crippen molar-refractivity contribution in [2.75, 3.05) is 34.9 Å². The van der Waals surface area contributed by atoms with Crippen LogP contribution in [-0.2, 0) is 73.2 Å². The number of carbonyl (C=O) groups is 5. The van der Waals surface area contributed by atoms with E-state index in [4.69, 9.17) is 52.7 Å². The van der Waals surface area contributed by atoms with Crippen molar-refractivity contribution >= 4 is 35.7 Å². The van der Waals surface area contributed by atoms with Crippen molar-refractivity contribution in [2.45, 2.75) is 270 Å². The molecular formula is C69H109FN2O21. The fourth-order valence-electron chi connectivity index (χ4n) is 13.0. The molecule has 0 saturated carbocycles. The van der Waals surface area contributed by atoms with Gasteiger partial charge in [0.1, 0.15) is 29.4 Å². The lowest BCUT2D eigenvalue weighted by molar-refractivity contribution is -0.319. The second-order valence-electron chi connectivity index (χ2n) is 27.1. The Morgan fingerprint density at radius 1 is 0.839 bits per heavy atom. The number of aliphatic carboxylic acids is 1. The summed E-state index contributed by atoms with van der Waals surface area (Å²) in [5.74, 6) is -7.92. The molecule has 93 heavy (non-hydrogen) atoms. The van der Waals surface area contributed by atoms with Crippen LogP contribution >= 0.6 is 0 Å². The van der Waals surface area contributed by atoms with Gasteiger partial charge in [0.15, 0.2) is 18.7 Å². The standard InChI is InChI=1S/C43H75NO16.C26H34FNO5/c1-15-29-43(11,52)36(48)24(5)33(47)22(3)20-41(9,51)38(25(6)34(26(7)39(50)57-29)59-32-21-42(10,53-14)37(49)27(8)56-32)60-40-35(28(44(12)13)19-23(4)55-40)58-31(46)18-17-30(45)54-16-2;1-15(2)25-21(11-10-19(29)12-20(30)13-23(31)32)24(17-6-8-18(27)9-7-17)22(14-33-5)26(28-25)16(3)4/h22-29,32,34-38,40,48-49,51-52H,15-21H2,1-14H3;6-11,15-16,19-20,29-30H,12-14H2,1-5H3,(H,31,32)/b;11-10+/t22-,23-,24+,25+,26-,27+,28+,29-,32+,34+,35-,36-,37+,38-,40+,41-,42-,43-;19-,20-/m11/s1. The van der Waals surface area contributed by atoms with Gasteiger partial charge in [0.25, 0.3) is 0 Å². The first-order valence-electron chi connectivity index (χ1n) is 32.6. The van der Waals surface area contributed by atoms with Crippen LogP contribution in [0, 0.1) is 29.5 Å². The third-order valence-corrected chi connectivity index (χ3v) is 18.2. The summed E-state index contributed by atoms with van der Waals surface area (Å²) >= 11 is 0. The van der Waals surface area contributed by atoms with Gasteiger partial charge in [0.2, 0.25) is 0 Å². The summed E-state index contributed by atoms with van der Waals surface area (Å²) in [4.78, 5) is 71.4. The highest BCUT2D eigenvalue weighted by atomic mass is 19.1. The summed E-state index contributed by atoms with van der Waals surface area (Å²) in [5.41, 5.74) is -0.00592. The predicted octanol–water partition coefficient (Wildman–Crippen LogP) is 7.56. The summed E-state index contributed by atoms with van der Waals surface area (Å²) in [6.45, 7) is 26.4. The molecule has 3 aliphatic heterocycles. The van der Waals surface area contributed by atoms with Crippen molar-refractivity contribution in [1.82, 2.24) is 9.88 Å². The SMILES string of the molecule is CCOC(=O)CCC(=O)O[C@H]1[C@H](O[C@@H]2[C@@H](C)[C@H](O[C@H]3C[C@@](C)(OC)[C@@H](O)[C@H](C)O3)[C@@H](C)C(=O)O[C@H](CC)[C@@](C)(O)[C@H](O)[C@@H](C)C(=O)[C@H](C)C[C@@]2(C)O)O[C@H](C)C[C@@H]1N(C)C.COCc1c(C(C)C)nc(C(C)C)c(/C=C/[C@@H](O)C[C@@H](O)CC(=O)O)c1-c1ccc(F)cc1. The minimum Gasteiger partial charge on any atom is -0.481 e. The molecule has 23 nitrogen and oxygen atoms in total. The number of methoxy groups -OCH3 is 2. The van der Waals surface area contributed by atoms with E-state index in [-0.39, 0.29) is 62.8 Å². The molecule has 0 bridgehead atoms. The Hall–Kier alpha value is -4.93. The lowest BCUT2D eigenvalue weighted by atomic mass is 9.74. The van der Waals surface area contributed by atoms with Crippen LogP contribution in [0.1, 0.15) is 190 Å². The highest BCUT2D eigenvalue weighted by molar-refractivity contribution is 5.84. The zero-order valence-corrected chi connectivity index (χ0v) is 58.1. The molecule has 5 rings (SSSR count). The number of nitrogens with zero attached hydrogens (tertiary/aromatic N) is 2. The zero-order chi connectivity index (χ0) is 70.4. The molecule has 528 valence electrons. The third-order valence-electron chi connectivity index (χ3n) is 18.2. The van der Waals surface area contributed by atoms with E-state index in [1.165, 1.54) is 46.1 Å². The van der Waals surface area contributed by atoms with Gasteiger partial charge in [0, 0.05) is 61.6 Å². The fourth-order valence-corrected chi connectivity index (χ4v) is 13.0. The number of pyridine rings is 1. The Morgan fingerprint density at radius 2 is 1.45 bits per heavy atom.